The van der Waals surface area contributed by atoms with E-state index >= 15 is 0 Å². The average Bonchev–Trinajstić information content (AvgIpc) is 2.66. The maximum atomic E-state index is 5.95. The van der Waals surface area contributed by atoms with Crippen molar-refractivity contribution in [1.82, 2.24) is 5.32 Å². The molecule has 0 radical (unpaired) electrons. The molecule has 16 heavy (non-hydrogen) atoms. The topological polar surface area (TPSA) is 12.0 Å². The van der Waals surface area contributed by atoms with Crippen LogP contribution in [0, 0.1) is 5.92 Å². The van der Waals surface area contributed by atoms with Gasteiger partial charge in [-0.2, -0.15) is 0 Å². The molecule has 1 rings (SSSR count). The number of nitrogens with one attached hydrogen (secondary N) is 1. The first kappa shape index (κ1) is 14.0. The molecule has 3 heteroatoms. The van der Waals surface area contributed by atoms with Crippen LogP contribution in [-0.2, 0) is 0 Å². The summed E-state index contributed by atoms with van der Waals surface area (Å²) in [7, 11) is 0. The lowest BCUT2D eigenvalue weighted by molar-refractivity contribution is 0.331. The van der Waals surface area contributed by atoms with Crippen molar-refractivity contribution >= 4 is 22.9 Å². The number of hydrogen-bond acceptors (Lipinski definition) is 2. The minimum Gasteiger partial charge on any atom is -0.307 e. The van der Waals surface area contributed by atoms with E-state index in [2.05, 4.69) is 39.1 Å². The van der Waals surface area contributed by atoms with Crippen molar-refractivity contribution in [2.45, 2.75) is 52.6 Å². The first-order valence-corrected chi connectivity index (χ1v) is 7.29. The zero-order valence-corrected chi connectivity index (χ0v) is 12.2. The molecule has 92 valence electrons. The molecule has 0 saturated heterocycles. The van der Waals surface area contributed by atoms with Crippen LogP contribution in [0.2, 0.25) is 4.34 Å². The Balaban J connectivity index is 2.53. The Morgan fingerprint density at radius 2 is 1.88 bits per heavy atom. The summed E-state index contributed by atoms with van der Waals surface area (Å²) in [6, 6.07) is 5.05. The normalized spacial score (nSPS) is 15.4. The highest BCUT2D eigenvalue weighted by atomic mass is 35.5. The summed E-state index contributed by atoms with van der Waals surface area (Å²) in [6.45, 7) is 9.02. The number of rotatable bonds is 6. The van der Waals surface area contributed by atoms with Crippen molar-refractivity contribution in [3.8, 4) is 0 Å². The van der Waals surface area contributed by atoms with Gasteiger partial charge in [-0.05, 0) is 31.9 Å². The van der Waals surface area contributed by atoms with Gasteiger partial charge >= 0.3 is 0 Å². The van der Waals surface area contributed by atoms with Crippen molar-refractivity contribution in [2.75, 3.05) is 0 Å². The van der Waals surface area contributed by atoms with E-state index in [4.69, 9.17) is 11.6 Å². The van der Waals surface area contributed by atoms with E-state index < -0.39 is 0 Å². The third-order valence-electron chi connectivity index (χ3n) is 3.29. The first-order chi connectivity index (χ1) is 7.58. The molecular weight excluding hydrogens is 238 g/mol. The zero-order valence-electron chi connectivity index (χ0n) is 10.6. The maximum absolute atomic E-state index is 5.95. The molecule has 1 nitrogen and oxygen atoms in total. The minimum absolute atomic E-state index is 0.396. The van der Waals surface area contributed by atoms with Crippen LogP contribution in [0.15, 0.2) is 12.1 Å². The third-order valence-corrected chi connectivity index (χ3v) is 4.70. The molecule has 1 N–H and O–H groups in total. The molecule has 0 spiro atoms. The smallest absolute Gasteiger partial charge is 0.0931 e. The summed E-state index contributed by atoms with van der Waals surface area (Å²) >= 11 is 7.62. The summed E-state index contributed by atoms with van der Waals surface area (Å²) in [4.78, 5) is 1.32. The summed E-state index contributed by atoms with van der Waals surface area (Å²) in [6.07, 6.45) is 2.48. The molecule has 0 saturated carbocycles. The van der Waals surface area contributed by atoms with Gasteiger partial charge in [0.05, 0.1) is 4.34 Å². The van der Waals surface area contributed by atoms with Gasteiger partial charge in [0.2, 0.25) is 0 Å². The van der Waals surface area contributed by atoms with E-state index in [1.54, 1.807) is 11.3 Å². The monoisotopic (exact) mass is 259 g/mol. The van der Waals surface area contributed by atoms with Crippen molar-refractivity contribution in [2.24, 2.45) is 5.92 Å². The molecule has 1 aromatic heterocycles. The summed E-state index contributed by atoms with van der Waals surface area (Å²) < 4.78 is 0.874. The largest absolute Gasteiger partial charge is 0.307 e. The number of hydrogen-bond donors (Lipinski definition) is 1. The molecule has 0 aliphatic carbocycles. The highest BCUT2D eigenvalue weighted by Gasteiger charge is 2.17. The summed E-state index contributed by atoms with van der Waals surface area (Å²) in [5.41, 5.74) is 0. The van der Waals surface area contributed by atoms with Crippen molar-refractivity contribution in [3.05, 3.63) is 21.3 Å². The second-order valence-electron chi connectivity index (χ2n) is 4.40. The molecule has 2 unspecified atom stereocenters. The van der Waals surface area contributed by atoms with Crippen molar-refractivity contribution in [3.63, 3.8) is 0 Å². The predicted octanol–water partition coefficient (Wildman–Crippen LogP) is 4.88. The fourth-order valence-electron chi connectivity index (χ4n) is 2.17. The Hall–Kier alpha value is -0.0500. The highest BCUT2D eigenvalue weighted by molar-refractivity contribution is 7.16. The third kappa shape index (κ3) is 3.76. The molecule has 0 fully saturated rings. The average molecular weight is 260 g/mol. The van der Waals surface area contributed by atoms with Crippen LogP contribution in [0.1, 0.15) is 51.5 Å². The van der Waals surface area contributed by atoms with E-state index in [1.165, 1.54) is 17.7 Å². The fraction of sp³-hybridized carbons (Fsp3) is 0.692. The number of halogens is 1. The van der Waals surface area contributed by atoms with Gasteiger partial charge in [-0.1, -0.05) is 38.3 Å². The van der Waals surface area contributed by atoms with Gasteiger partial charge in [0.25, 0.3) is 0 Å². The molecule has 0 amide bonds. The Bertz CT molecular complexity index is 307. The van der Waals surface area contributed by atoms with Crippen LogP contribution in [0.4, 0.5) is 0 Å². The van der Waals surface area contributed by atoms with Crippen LogP contribution in [-0.4, -0.2) is 6.04 Å². The standard InChI is InChI=1S/C13H22ClNS/c1-5-11(6-2)9(3)15-10(4)12-7-8-13(14)16-12/h7-11,15H,5-6H2,1-4H3. The predicted molar refractivity (Wildman–Crippen MR) is 74.4 cm³/mol. The lowest BCUT2D eigenvalue weighted by Gasteiger charge is -2.25. The zero-order chi connectivity index (χ0) is 12.1. The lowest BCUT2D eigenvalue weighted by atomic mass is 9.95. The van der Waals surface area contributed by atoms with Crippen LogP contribution < -0.4 is 5.32 Å². The molecule has 1 heterocycles. The van der Waals surface area contributed by atoms with Crippen LogP contribution in [0.25, 0.3) is 0 Å². The Morgan fingerprint density at radius 3 is 2.31 bits per heavy atom. The summed E-state index contributed by atoms with van der Waals surface area (Å²) in [5, 5.41) is 3.66. The minimum atomic E-state index is 0.396. The van der Waals surface area contributed by atoms with E-state index in [1.807, 2.05) is 6.07 Å². The van der Waals surface area contributed by atoms with Gasteiger partial charge in [-0.25, -0.2) is 0 Å². The Kier molecular flexibility index (Phi) is 5.81. The van der Waals surface area contributed by atoms with Gasteiger partial charge in [0, 0.05) is 17.0 Å². The maximum Gasteiger partial charge on any atom is 0.0931 e. The van der Waals surface area contributed by atoms with Gasteiger partial charge in [-0.15, -0.1) is 11.3 Å². The van der Waals surface area contributed by atoms with E-state index in [-0.39, 0.29) is 0 Å². The molecule has 2 atom stereocenters. The number of thiophene rings is 1. The molecule has 0 aliphatic heterocycles. The SMILES string of the molecule is CCC(CC)C(C)NC(C)c1ccc(Cl)s1. The van der Waals surface area contributed by atoms with Crippen molar-refractivity contribution < 1.29 is 0 Å². The quantitative estimate of drug-likeness (QED) is 0.768. The van der Waals surface area contributed by atoms with E-state index in [0.29, 0.717) is 12.1 Å². The highest BCUT2D eigenvalue weighted by Crippen LogP contribution is 2.27. The van der Waals surface area contributed by atoms with Gasteiger partial charge in [0.15, 0.2) is 0 Å². The Labute approximate surface area is 108 Å². The fourth-order valence-corrected chi connectivity index (χ4v) is 3.24. The van der Waals surface area contributed by atoms with Gasteiger partial charge < -0.3 is 5.32 Å². The second kappa shape index (κ2) is 6.63. The summed E-state index contributed by atoms with van der Waals surface area (Å²) in [5.74, 6) is 0.762. The molecule has 1 aromatic rings. The molecule has 0 aromatic carbocycles. The molecular formula is C13H22ClNS. The van der Waals surface area contributed by atoms with Crippen LogP contribution in [0.3, 0.4) is 0 Å². The van der Waals surface area contributed by atoms with Crippen molar-refractivity contribution in [1.29, 1.82) is 0 Å². The van der Waals surface area contributed by atoms with Crippen LogP contribution in [0.5, 0.6) is 0 Å². The van der Waals surface area contributed by atoms with Gasteiger partial charge in [-0.3, -0.25) is 0 Å². The van der Waals surface area contributed by atoms with Gasteiger partial charge in [0.1, 0.15) is 0 Å². The molecule has 0 bridgehead atoms. The van der Waals surface area contributed by atoms with Crippen LogP contribution >= 0.6 is 22.9 Å². The lowest BCUT2D eigenvalue weighted by Crippen LogP contribution is -2.34. The Morgan fingerprint density at radius 1 is 1.25 bits per heavy atom. The second-order valence-corrected chi connectivity index (χ2v) is 6.14. The van der Waals surface area contributed by atoms with E-state index in [9.17, 15) is 0 Å². The molecule has 0 aliphatic rings. The first-order valence-electron chi connectivity index (χ1n) is 6.09. The van der Waals surface area contributed by atoms with E-state index in [0.717, 1.165) is 10.3 Å².